The van der Waals surface area contributed by atoms with Gasteiger partial charge in [0.15, 0.2) is 0 Å². The number of nitrogens with one attached hydrogen (secondary N) is 1. The number of amides is 1. The molecule has 5 nitrogen and oxygen atoms in total. The molecule has 1 aromatic carbocycles. The molecule has 3 rings (SSSR count). The van der Waals surface area contributed by atoms with E-state index in [-0.39, 0.29) is 17.8 Å². The van der Waals surface area contributed by atoms with E-state index in [0.717, 1.165) is 37.1 Å². The summed E-state index contributed by atoms with van der Waals surface area (Å²) in [6, 6.07) is 8.02. The molecular weight excluding hydrogens is 280 g/mol. The van der Waals surface area contributed by atoms with Gasteiger partial charge < -0.3 is 15.0 Å². The number of benzene rings is 1. The molecule has 1 N–H and O–H groups in total. The van der Waals surface area contributed by atoms with Crippen molar-refractivity contribution >= 4 is 17.6 Å². The monoisotopic (exact) mass is 302 g/mol. The zero-order chi connectivity index (χ0) is 15.7. The van der Waals surface area contributed by atoms with Crippen molar-refractivity contribution in [3.8, 4) is 0 Å². The number of methoxy groups -OCH3 is 1. The van der Waals surface area contributed by atoms with Gasteiger partial charge in [0.2, 0.25) is 5.91 Å². The molecule has 0 saturated heterocycles. The van der Waals surface area contributed by atoms with E-state index in [1.165, 1.54) is 7.11 Å². The highest BCUT2D eigenvalue weighted by molar-refractivity contribution is 5.87. The second kappa shape index (κ2) is 5.63. The minimum absolute atomic E-state index is 0.00993. The molecule has 0 bridgehead atoms. The summed E-state index contributed by atoms with van der Waals surface area (Å²) in [4.78, 5) is 26.5. The number of ether oxygens (including phenoxy) is 1. The maximum absolute atomic E-state index is 12.6. The van der Waals surface area contributed by atoms with Crippen molar-refractivity contribution in [1.29, 1.82) is 0 Å². The molecule has 0 aromatic heterocycles. The van der Waals surface area contributed by atoms with Gasteiger partial charge in [0.1, 0.15) is 0 Å². The van der Waals surface area contributed by atoms with Gasteiger partial charge in [-0.25, -0.2) is 0 Å². The third-order valence-corrected chi connectivity index (χ3v) is 4.87. The largest absolute Gasteiger partial charge is 0.469 e. The molecule has 2 aliphatic rings. The highest BCUT2D eigenvalue weighted by atomic mass is 16.5. The van der Waals surface area contributed by atoms with Crippen molar-refractivity contribution < 1.29 is 14.3 Å². The molecule has 1 amide bonds. The van der Waals surface area contributed by atoms with Gasteiger partial charge in [-0.1, -0.05) is 18.2 Å². The fourth-order valence-electron chi connectivity index (χ4n) is 3.20. The summed E-state index contributed by atoms with van der Waals surface area (Å²) in [6.07, 6.45) is 2.39. The van der Waals surface area contributed by atoms with Crippen LogP contribution in [0.15, 0.2) is 24.3 Å². The van der Waals surface area contributed by atoms with Gasteiger partial charge in [0.25, 0.3) is 0 Å². The second-order valence-electron chi connectivity index (χ2n) is 6.31. The van der Waals surface area contributed by atoms with E-state index in [0.29, 0.717) is 6.54 Å². The van der Waals surface area contributed by atoms with E-state index in [9.17, 15) is 9.59 Å². The number of nitrogens with zero attached hydrogens (tertiary/aromatic N) is 1. The number of carbonyl (C=O) groups is 2. The summed E-state index contributed by atoms with van der Waals surface area (Å²) < 4.78 is 4.83. The van der Waals surface area contributed by atoms with Crippen LogP contribution in [0.4, 0.5) is 5.69 Å². The molecule has 1 unspecified atom stereocenters. The molecule has 118 valence electrons. The van der Waals surface area contributed by atoms with Crippen LogP contribution >= 0.6 is 0 Å². The van der Waals surface area contributed by atoms with Gasteiger partial charge in [-0.3, -0.25) is 9.59 Å². The Kier molecular flexibility index (Phi) is 3.81. The molecule has 1 aliphatic carbocycles. The van der Waals surface area contributed by atoms with Crippen LogP contribution in [0.2, 0.25) is 0 Å². The summed E-state index contributed by atoms with van der Waals surface area (Å²) in [7, 11) is 3.45. The second-order valence-corrected chi connectivity index (χ2v) is 6.31. The molecule has 1 heterocycles. The van der Waals surface area contributed by atoms with Crippen molar-refractivity contribution in [2.45, 2.75) is 25.2 Å². The van der Waals surface area contributed by atoms with Crippen molar-refractivity contribution in [2.75, 3.05) is 32.1 Å². The SMILES string of the molecule is COC(=O)C1(CNC(=O)C2CCN(C)c3ccccc32)CC1. The fraction of sp³-hybridized carbons (Fsp3) is 0.529. The maximum Gasteiger partial charge on any atom is 0.313 e. The zero-order valence-electron chi connectivity index (χ0n) is 13.1. The summed E-state index contributed by atoms with van der Waals surface area (Å²) in [5.74, 6) is -0.340. The van der Waals surface area contributed by atoms with Crippen LogP contribution in [-0.4, -0.2) is 39.1 Å². The highest BCUT2D eigenvalue weighted by Crippen LogP contribution is 2.46. The Morgan fingerprint density at radius 1 is 1.36 bits per heavy atom. The van der Waals surface area contributed by atoms with Crippen LogP contribution in [0.5, 0.6) is 0 Å². The van der Waals surface area contributed by atoms with Crippen LogP contribution in [0, 0.1) is 5.41 Å². The minimum atomic E-state index is -0.477. The molecule has 1 atom stereocenters. The number of hydrogen-bond acceptors (Lipinski definition) is 4. The summed E-state index contributed by atoms with van der Waals surface area (Å²) in [6.45, 7) is 1.24. The van der Waals surface area contributed by atoms with E-state index >= 15 is 0 Å². The van der Waals surface area contributed by atoms with Crippen LogP contribution < -0.4 is 10.2 Å². The van der Waals surface area contributed by atoms with E-state index < -0.39 is 5.41 Å². The number of para-hydroxylation sites is 1. The first-order valence-corrected chi connectivity index (χ1v) is 7.73. The molecule has 1 aromatic rings. The topological polar surface area (TPSA) is 58.6 Å². The summed E-state index contributed by atoms with van der Waals surface area (Å²) in [5, 5.41) is 2.97. The highest BCUT2D eigenvalue weighted by Gasteiger charge is 2.51. The first-order valence-electron chi connectivity index (χ1n) is 7.73. The van der Waals surface area contributed by atoms with Crippen LogP contribution in [-0.2, 0) is 14.3 Å². The van der Waals surface area contributed by atoms with Crippen molar-refractivity contribution in [3.05, 3.63) is 29.8 Å². The number of fused-ring (bicyclic) bond motifs is 1. The number of anilines is 1. The fourth-order valence-corrected chi connectivity index (χ4v) is 3.20. The van der Waals surface area contributed by atoms with E-state index in [4.69, 9.17) is 4.74 Å². The first-order chi connectivity index (χ1) is 10.6. The lowest BCUT2D eigenvalue weighted by Gasteiger charge is -2.32. The lowest BCUT2D eigenvalue weighted by Crippen LogP contribution is -2.40. The quantitative estimate of drug-likeness (QED) is 0.860. The van der Waals surface area contributed by atoms with Gasteiger partial charge >= 0.3 is 5.97 Å². The lowest BCUT2D eigenvalue weighted by molar-refractivity contribution is -0.147. The smallest absolute Gasteiger partial charge is 0.313 e. The number of rotatable bonds is 4. The Bertz CT molecular complexity index is 595. The summed E-state index contributed by atoms with van der Waals surface area (Å²) in [5.41, 5.74) is 1.70. The Balaban J connectivity index is 1.69. The third-order valence-electron chi connectivity index (χ3n) is 4.87. The Morgan fingerprint density at radius 2 is 2.09 bits per heavy atom. The van der Waals surface area contributed by atoms with Crippen molar-refractivity contribution in [2.24, 2.45) is 5.41 Å². The van der Waals surface area contributed by atoms with Gasteiger partial charge in [0, 0.05) is 25.8 Å². The number of hydrogen-bond donors (Lipinski definition) is 1. The lowest BCUT2D eigenvalue weighted by atomic mass is 9.89. The molecule has 22 heavy (non-hydrogen) atoms. The molecule has 0 spiro atoms. The van der Waals surface area contributed by atoms with Gasteiger partial charge in [0.05, 0.1) is 18.4 Å². The molecule has 5 heteroatoms. The third kappa shape index (κ3) is 2.56. The van der Waals surface area contributed by atoms with Gasteiger partial charge in [-0.2, -0.15) is 0 Å². The van der Waals surface area contributed by atoms with Crippen LogP contribution in [0.1, 0.15) is 30.7 Å². The maximum atomic E-state index is 12.6. The van der Waals surface area contributed by atoms with Crippen LogP contribution in [0.3, 0.4) is 0 Å². The van der Waals surface area contributed by atoms with Crippen molar-refractivity contribution in [3.63, 3.8) is 0 Å². The van der Waals surface area contributed by atoms with Crippen LogP contribution in [0.25, 0.3) is 0 Å². The average molecular weight is 302 g/mol. The van der Waals surface area contributed by atoms with Gasteiger partial charge in [-0.15, -0.1) is 0 Å². The normalized spacial score (nSPS) is 21.7. The molecule has 0 radical (unpaired) electrons. The molecule has 1 fully saturated rings. The Labute approximate surface area is 130 Å². The minimum Gasteiger partial charge on any atom is -0.469 e. The standard InChI is InChI=1S/C17H22N2O3/c1-19-10-7-13(12-5-3-4-6-14(12)19)15(20)18-11-17(8-9-17)16(21)22-2/h3-6,13H,7-11H2,1-2H3,(H,18,20). The van der Waals surface area contributed by atoms with E-state index in [1.807, 2.05) is 31.3 Å². The summed E-state index contributed by atoms with van der Waals surface area (Å²) >= 11 is 0. The van der Waals surface area contributed by atoms with E-state index in [2.05, 4.69) is 10.2 Å². The molecule has 1 aliphatic heterocycles. The molecule has 1 saturated carbocycles. The number of esters is 1. The Morgan fingerprint density at radius 3 is 2.77 bits per heavy atom. The Hall–Kier alpha value is -2.04. The van der Waals surface area contributed by atoms with Gasteiger partial charge in [-0.05, 0) is 30.9 Å². The molecular formula is C17H22N2O3. The predicted molar refractivity (Wildman–Crippen MR) is 83.8 cm³/mol. The predicted octanol–water partition coefficient (Wildman–Crippen LogP) is 1.68. The number of carbonyl (C=O) groups excluding carboxylic acids is 2. The van der Waals surface area contributed by atoms with E-state index in [1.54, 1.807) is 0 Å². The average Bonchev–Trinajstić information content (AvgIpc) is 3.34. The van der Waals surface area contributed by atoms with Crippen molar-refractivity contribution in [1.82, 2.24) is 5.32 Å². The zero-order valence-corrected chi connectivity index (χ0v) is 13.1. The first kappa shape index (κ1) is 14.9.